The minimum absolute atomic E-state index is 0.0427. The van der Waals surface area contributed by atoms with Gasteiger partial charge < -0.3 is 20.3 Å². The number of carbonyl (C=O) groups excluding carboxylic acids is 1. The van der Waals surface area contributed by atoms with E-state index in [9.17, 15) is 15.0 Å². The molecule has 6 nitrogen and oxygen atoms in total. The van der Waals surface area contributed by atoms with Crippen LogP contribution in [-0.2, 0) is 4.74 Å². The molecule has 1 aliphatic carbocycles. The van der Waals surface area contributed by atoms with Crippen molar-refractivity contribution < 1.29 is 19.7 Å². The number of hydrogen-bond acceptors (Lipinski definition) is 4. The fraction of sp³-hybridized carbons (Fsp3) is 0.500. The Morgan fingerprint density at radius 3 is 2.45 bits per heavy atom. The van der Waals surface area contributed by atoms with Gasteiger partial charge in [0.25, 0.3) is 0 Å². The molecule has 0 bridgehead atoms. The van der Waals surface area contributed by atoms with Crippen LogP contribution in [0.4, 0.5) is 4.79 Å². The van der Waals surface area contributed by atoms with E-state index in [0.29, 0.717) is 11.1 Å². The molecule has 2 rings (SSSR count). The maximum Gasteiger partial charge on any atom is 0.408 e. The molecule has 1 aromatic heterocycles. The summed E-state index contributed by atoms with van der Waals surface area (Å²) < 4.78 is 5.19. The summed E-state index contributed by atoms with van der Waals surface area (Å²) in [5.41, 5.74) is 0.468. The van der Waals surface area contributed by atoms with E-state index in [2.05, 4.69) is 10.3 Å². The number of H-pyrrole nitrogens is 1. The second-order valence-electron chi connectivity index (χ2n) is 5.95. The van der Waals surface area contributed by atoms with E-state index in [1.54, 1.807) is 26.8 Å². The van der Waals surface area contributed by atoms with Crippen molar-refractivity contribution in [3.8, 4) is 11.8 Å². The van der Waals surface area contributed by atoms with Gasteiger partial charge in [-0.25, -0.2) is 4.79 Å². The summed E-state index contributed by atoms with van der Waals surface area (Å²) in [6.07, 6.45) is 3.05. The molecule has 1 aliphatic rings. The second-order valence-corrected chi connectivity index (χ2v) is 5.95. The highest BCUT2D eigenvalue weighted by Crippen LogP contribution is 2.43. The summed E-state index contributed by atoms with van der Waals surface area (Å²) in [4.78, 5) is 14.3. The number of ether oxygens (including phenoxy) is 1. The lowest BCUT2D eigenvalue weighted by Crippen LogP contribution is -2.35. The molecule has 0 aromatic carbocycles. The lowest BCUT2D eigenvalue weighted by Gasteiger charge is -2.25. The highest BCUT2D eigenvalue weighted by atomic mass is 16.6. The zero-order valence-electron chi connectivity index (χ0n) is 12.0. The smallest absolute Gasteiger partial charge is 0.408 e. The molecular formula is C14H20N2O4. The van der Waals surface area contributed by atoms with E-state index >= 15 is 0 Å². The Hall–Kier alpha value is -2.11. The van der Waals surface area contributed by atoms with E-state index in [4.69, 9.17) is 4.74 Å². The SMILES string of the molecule is CC1C=CC(NC(=O)OC(C)(C)C)c2c(O)[nH]c(O)c21. The van der Waals surface area contributed by atoms with Crippen LogP contribution < -0.4 is 5.32 Å². The summed E-state index contributed by atoms with van der Waals surface area (Å²) in [5, 5.41) is 22.3. The first-order valence-electron chi connectivity index (χ1n) is 6.50. The molecule has 110 valence electrons. The number of fused-ring (bicyclic) bond motifs is 1. The predicted molar refractivity (Wildman–Crippen MR) is 73.8 cm³/mol. The van der Waals surface area contributed by atoms with Gasteiger partial charge >= 0.3 is 6.09 Å². The van der Waals surface area contributed by atoms with Crippen LogP contribution in [0, 0.1) is 0 Å². The normalized spacial score (nSPS) is 21.4. The molecule has 1 aromatic rings. The van der Waals surface area contributed by atoms with Gasteiger partial charge in [-0.05, 0) is 20.8 Å². The number of nitrogens with one attached hydrogen (secondary N) is 2. The molecule has 4 N–H and O–H groups in total. The molecule has 0 radical (unpaired) electrons. The molecule has 0 spiro atoms. The van der Waals surface area contributed by atoms with Crippen molar-refractivity contribution in [1.82, 2.24) is 10.3 Å². The number of amides is 1. The summed E-state index contributed by atoms with van der Waals surface area (Å²) >= 11 is 0. The van der Waals surface area contributed by atoms with Crippen LogP contribution in [0.5, 0.6) is 11.8 Å². The largest absolute Gasteiger partial charge is 0.494 e. The monoisotopic (exact) mass is 280 g/mol. The molecule has 20 heavy (non-hydrogen) atoms. The van der Waals surface area contributed by atoms with Crippen LogP contribution in [0.2, 0.25) is 0 Å². The maximum absolute atomic E-state index is 11.8. The van der Waals surface area contributed by atoms with Crippen LogP contribution in [0.3, 0.4) is 0 Å². The number of allylic oxidation sites excluding steroid dienone is 1. The quantitative estimate of drug-likeness (QED) is 0.595. The van der Waals surface area contributed by atoms with E-state index in [1.807, 2.05) is 13.0 Å². The Kier molecular flexibility index (Phi) is 3.41. The average Bonchev–Trinajstić information content (AvgIpc) is 2.57. The van der Waals surface area contributed by atoms with Crippen molar-refractivity contribution in [2.75, 3.05) is 0 Å². The molecule has 2 atom stereocenters. The molecule has 1 heterocycles. The minimum atomic E-state index is -0.596. The van der Waals surface area contributed by atoms with Crippen molar-refractivity contribution >= 4 is 6.09 Å². The minimum Gasteiger partial charge on any atom is -0.494 e. The number of aromatic amines is 1. The molecule has 6 heteroatoms. The van der Waals surface area contributed by atoms with Gasteiger partial charge in [-0.15, -0.1) is 0 Å². The van der Waals surface area contributed by atoms with Crippen molar-refractivity contribution in [2.24, 2.45) is 0 Å². The highest BCUT2D eigenvalue weighted by molar-refractivity contribution is 5.70. The van der Waals surface area contributed by atoms with Gasteiger partial charge in [0.05, 0.1) is 6.04 Å². The molecule has 0 fully saturated rings. The third-order valence-corrected chi connectivity index (χ3v) is 3.07. The van der Waals surface area contributed by atoms with Gasteiger partial charge in [-0.3, -0.25) is 4.98 Å². The molecule has 1 amide bonds. The van der Waals surface area contributed by atoms with Crippen LogP contribution in [0.25, 0.3) is 0 Å². The van der Waals surface area contributed by atoms with Crippen LogP contribution >= 0.6 is 0 Å². The zero-order chi connectivity index (χ0) is 15.1. The highest BCUT2D eigenvalue weighted by Gasteiger charge is 2.31. The lowest BCUT2D eigenvalue weighted by atomic mass is 9.89. The average molecular weight is 280 g/mol. The van der Waals surface area contributed by atoms with E-state index in [-0.39, 0.29) is 17.7 Å². The molecule has 0 saturated carbocycles. The Morgan fingerprint density at radius 1 is 1.25 bits per heavy atom. The third kappa shape index (κ3) is 2.74. The number of aromatic nitrogens is 1. The van der Waals surface area contributed by atoms with Crippen molar-refractivity contribution in [1.29, 1.82) is 0 Å². The number of aromatic hydroxyl groups is 2. The lowest BCUT2D eigenvalue weighted by molar-refractivity contribution is 0.0513. The maximum atomic E-state index is 11.8. The molecule has 2 unspecified atom stereocenters. The Balaban J connectivity index is 2.23. The van der Waals surface area contributed by atoms with Gasteiger partial charge in [-0.1, -0.05) is 19.1 Å². The van der Waals surface area contributed by atoms with E-state index in [1.165, 1.54) is 0 Å². The van der Waals surface area contributed by atoms with Gasteiger partial charge in [0.1, 0.15) is 5.60 Å². The van der Waals surface area contributed by atoms with Gasteiger partial charge in [-0.2, -0.15) is 0 Å². The number of hydrogen-bond donors (Lipinski definition) is 4. The second kappa shape index (κ2) is 4.77. The fourth-order valence-corrected chi connectivity index (χ4v) is 2.30. The topological polar surface area (TPSA) is 94.6 Å². The number of alkyl carbamates (subject to hydrolysis) is 1. The number of rotatable bonds is 1. The first-order chi connectivity index (χ1) is 9.19. The van der Waals surface area contributed by atoms with E-state index < -0.39 is 17.7 Å². The van der Waals surface area contributed by atoms with Crippen LogP contribution in [0.15, 0.2) is 12.2 Å². The molecular weight excluding hydrogens is 260 g/mol. The standard InChI is InChI=1S/C14H20N2O4/c1-7-5-6-8(15-13(19)20-14(2,3)4)10-9(7)11(17)16-12(10)18/h5-8,16-18H,1-4H3,(H,15,19). The van der Waals surface area contributed by atoms with Crippen LogP contribution in [-0.4, -0.2) is 26.9 Å². The fourth-order valence-electron chi connectivity index (χ4n) is 2.30. The molecule has 0 aliphatic heterocycles. The Labute approximate surface area is 117 Å². The first kappa shape index (κ1) is 14.3. The Bertz CT molecular complexity index is 554. The molecule has 0 saturated heterocycles. The number of carbonyl (C=O) groups is 1. The van der Waals surface area contributed by atoms with Crippen molar-refractivity contribution in [3.63, 3.8) is 0 Å². The van der Waals surface area contributed by atoms with Crippen molar-refractivity contribution in [3.05, 3.63) is 23.3 Å². The van der Waals surface area contributed by atoms with Crippen molar-refractivity contribution in [2.45, 2.75) is 45.3 Å². The third-order valence-electron chi connectivity index (χ3n) is 3.07. The predicted octanol–water partition coefficient (Wildman–Crippen LogP) is 2.67. The summed E-state index contributed by atoms with van der Waals surface area (Å²) in [5.74, 6) is -0.265. The van der Waals surface area contributed by atoms with E-state index in [0.717, 1.165) is 0 Å². The Morgan fingerprint density at radius 2 is 1.85 bits per heavy atom. The summed E-state index contributed by atoms with van der Waals surface area (Å²) in [6.45, 7) is 7.22. The van der Waals surface area contributed by atoms with Crippen LogP contribution in [0.1, 0.15) is 50.8 Å². The summed E-state index contributed by atoms with van der Waals surface area (Å²) in [7, 11) is 0. The van der Waals surface area contributed by atoms with Gasteiger partial charge in [0.15, 0.2) is 11.8 Å². The van der Waals surface area contributed by atoms with Gasteiger partial charge in [0, 0.05) is 17.0 Å². The zero-order valence-corrected chi connectivity index (χ0v) is 12.0. The summed E-state index contributed by atoms with van der Waals surface area (Å²) in [6, 6.07) is -0.534. The van der Waals surface area contributed by atoms with Gasteiger partial charge in [0.2, 0.25) is 0 Å². The first-order valence-corrected chi connectivity index (χ1v) is 6.50.